The monoisotopic (exact) mass is 459 g/mol. The number of anilines is 1. The lowest BCUT2D eigenvalue weighted by molar-refractivity contribution is 0.439. The highest BCUT2D eigenvalue weighted by Gasteiger charge is 2.42. The molecule has 1 aliphatic heterocycles. The van der Waals surface area contributed by atoms with E-state index in [1.54, 1.807) is 6.20 Å². The summed E-state index contributed by atoms with van der Waals surface area (Å²) in [6.07, 6.45) is 1.80. The molecule has 1 saturated heterocycles. The normalized spacial score (nSPS) is 18.1. The van der Waals surface area contributed by atoms with Gasteiger partial charge >= 0.3 is 0 Å². The van der Waals surface area contributed by atoms with E-state index in [2.05, 4.69) is 40.3 Å². The summed E-state index contributed by atoms with van der Waals surface area (Å²) in [5.41, 5.74) is 5.07. The van der Waals surface area contributed by atoms with Gasteiger partial charge in [0.1, 0.15) is 17.6 Å². The molecule has 0 spiro atoms. The van der Waals surface area contributed by atoms with E-state index >= 15 is 0 Å². The summed E-state index contributed by atoms with van der Waals surface area (Å²) in [5.74, 6) is 1.59. The second-order valence-corrected chi connectivity index (χ2v) is 8.74. The molecular weight excluding hydrogens is 438 g/mol. The summed E-state index contributed by atoms with van der Waals surface area (Å²) in [6.45, 7) is 4.08. The average Bonchev–Trinajstić information content (AvgIpc) is 3.41. The lowest BCUT2D eigenvalue weighted by Crippen LogP contribution is -2.29. The van der Waals surface area contributed by atoms with E-state index in [9.17, 15) is 0 Å². The molecule has 4 nitrogen and oxygen atoms in total. The third-order valence-corrected chi connectivity index (χ3v) is 6.55. The zero-order valence-electron chi connectivity index (χ0n) is 17.7. The van der Waals surface area contributed by atoms with Gasteiger partial charge in [-0.25, -0.2) is 0 Å². The van der Waals surface area contributed by atoms with Gasteiger partial charge in [0.05, 0.1) is 11.7 Å². The Morgan fingerprint density at radius 1 is 1.00 bits per heavy atom. The van der Waals surface area contributed by atoms with E-state index in [-0.39, 0.29) is 12.1 Å². The van der Waals surface area contributed by atoms with Crippen molar-refractivity contribution < 1.29 is 4.42 Å². The van der Waals surface area contributed by atoms with Crippen molar-refractivity contribution in [3.05, 3.63) is 107 Å². The molecule has 2 aromatic heterocycles. The molecule has 1 N–H and O–H groups in total. The number of hydrogen-bond acceptors (Lipinski definition) is 3. The summed E-state index contributed by atoms with van der Waals surface area (Å²) in [5, 5.41) is 4.84. The van der Waals surface area contributed by atoms with Gasteiger partial charge in [-0.05, 0) is 79.7 Å². The molecule has 6 heteroatoms. The lowest BCUT2D eigenvalue weighted by atomic mass is 10.0. The molecule has 0 radical (unpaired) electrons. The Hall–Kier alpha value is -3.15. The Bertz CT molecular complexity index is 1290. The fraction of sp³-hybridized carbons (Fsp3) is 0.154. The molecule has 0 saturated carbocycles. The number of aryl methyl sites for hydroxylation is 1. The molecule has 2 atom stereocenters. The van der Waals surface area contributed by atoms with E-state index in [1.165, 1.54) is 5.56 Å². The maximum absolute atomic E-state index is 6.44. The molecule has 1 fully saturated rings. The number of thiocarbonyl (C=S) groups is 1. The van der Waals surface area contributed by atoms with Gasteiger partial charge in [0.15, 0.2) is 5.11 Å². The largest absolute Gasteiger partial charge is 0.459 e. The van der Waals surface area contributed by atoms with Crippen molar-refractivity contribution in [1.29, 1.82) is 0 Å². The summed E-state index contributed by atoms with van der Waals surface area (Å²) < 4.78 is 6.44. The van der Waals surface area contributed by atoms with Gasteiger partial charge in [-0.3, -0.25) is 4.98 Å². The van der Waals surface area contributed by atoms with Crippen LogP contribution in [0, 0.1) is 13.8 Å². The van der Waals surface area contributed by atoms with E-state index in [4.69, 9.17) is 28.2 Å². The van der Waals surface area contributed by atoms with Crippen molar-refractivity contribution in [3.63, 3.8) is 0 Å². The van der Waals surface area contributed by atoms with Crippen LogP contribution in [0.1, 0.15) is 34.7 Å². The van der Waals surface area contributed by atoms with E-state index in [0.717, 1.165) is 39.1 Å². The first-order chi connectivity index (χ1) is 15.5. The minimum Gasteiger partial charge on any atom is -0.459 e. The summed E-state index contributed by atoms with van der Waals surface area (Å²) in [4.78, 5) is 6.72. The molecule has 4 aromatic rings. The van der Waals surface area contributed by atoms with Gasteiger partial charge in [0, 0.05) is 22.5 Å². The SMILES string of the molecule is Cc1cccc(N2C(=S)NC(c3ccccn3)C2c2ccc(-c3cccc(Cl)c3C)o2)c1. The molecule has 5 rings (SSSR count). The van der Waals surface area contributed by atoms with Crippen molar-refractivity contribution in [1.82, 2.24) is 10.3 Å². The zero-order valence-corrected chi connectivity index (χ0v) is 19.3. The third-order valence-electron chi connectivity index (χ3n) is 5.83. The molecule has 0 aliphatic carbocycles. The first-order valence-electron chi connectivity index (χ1n) is 10.5. The first-order valence-corrected chi connectivity index (χ1v) is 11.2. The van der Waals surface area contributed by atoms with Crippen LogP contribution in [0.5, 0.6) is 0 Å². The smallest absolute Gasteiger partial charge is 0.174 e. The van der Waals surface area contributed by atoms with Crippen molar-refractivity contribution in [2.24, 2.45) is 0 Å². The van der Waals surface area contributed by atoms with Crippen LogP contribution in [-0.4, -0.2) is 10.1 Å². The number of halogens is 1. The van der Waals surface area contributed by atoms with Crippen molar-refractivity contribution in [2.45, 2.75) is 25.9 Å². The minimum absolute atomic E-state index is 0.149. The molecule has 1 aliphatic rings. The Morgan fingerprint density at radius 3 is 2.62 bits per heavy atom. The average molecular weight is 460 g/mol. The van der Waals surface area contributed by atoms with E-state index in [0.29, 0.717) is 5.11 Å². The topological polar surface area (TPSA) is 41.3 Å². The fourth-order valence-corrected chi connectivity index (χ4v) is 4.75. The zero-order chi connectivity index (χ0) is 22.2. The Balaban J connectivity index is 1.62. The second-order valence-electron chi connectivity index (χ2n) is 7.95. The Morgan fingerprint density at radius 2 is 1.84 bits per heavy atom. The van der Waals surface area contributed by atoms with Gasteiger partial charge < -0.3 is 14.6 Å². The maximum Gasteiger partial charge on any atom is 0.174 e. The number of pyridine rings is 1. The molecular formula is C26H22ClN3OS. The number of furan rings is 1. The second kappa shape index (κ2) is 8.41. The summed E-state index contributed by atoms with van der Waals surface area (Å²) in [7, 11) is 0. The quantitative estimate of drug-likeness (QED) is 0.340. The Labute approximate surface area is 197 Å². The Kier molecular flexibility index (Phi) is 5.45. The number of nitrogens with one attached hydrogen (secondary N) is 1. The highest BCUT2D eigenvalue weighted by atomic mass is 35.5. The van der Waals surface area contributed by atoms with Crippen LogP contribution in [0.4, 0.5) is 5.69 Å². The summed E-state index contributed by atoms with van der Waals surface area (Å²) in [6, 6.07) is 23.8. The predicted octanol–water partition coefficient (Wildman–Crippen LogP) is 6.79. The third kappa shape index (κ3) is 3.68. The predicted molar refractivity (Wildman–Crippen MR) is 133 cm³/mol. The molecule has 160 valence electrons. The standard InChI is InChI=1S/C26H22ClN3OS/c1-16-7-5-8-18(15-16)30-25(24(29-26(30)32)21-11-3-4-14-28-21)23-13-12-22(31-23)19-9-6-10-20(27)17(19)2/h3-15,24-25H,1-2H3,(H,29,32). The number of nitrogens with zero attached hydrogens (tertiary/aromatic N) is 2. The van der Waals surface area contributed by atoms with Crippen LogP contribution in [0.25, 0.3) is 11.3 Å². The highest BCUT2D eigenvalue weighted by Crippen LogP contribution is 2.43. The number of aromatic nitrogens is 1. The van der Waals surface area contributed by atoms with Gasteiger partial charge in [-0.2, -0.15) is 0 Å². The number of benzene rings is 2. The van der Waals surface area contributed by atoms with Gasteiger partial charge in [-0.1, -0.05) is 41.9 Å². The first kappa shape index (κ1) is 20.7. The van der Waals surface area contributed by atoms with Gasteiger partial charge in [0.25, 0.3) is 0 Å². The van der Waals surface area contributed by atoms with Crippen LogP contribution in [0.15, 0.2) is 83.4 Å². The lowest BCUT2D eigenvalue weighted by Gasteiger charge is -2.26. The molecule has 2 unspecified atom stereocenters. The van der Waals surface area contributed by atoms with Crippen molar-refractivity contribution in [3.8, 4) is 11.3 Å². The summed E-state index contributed by atoms with van der Waals surface area (Å²) >= 11 is 12.1. The van der Waals surface area contributed by atoms with Crippen LogP contribution in [-0.2, 0) is 0 Å². The number of hydrogen-bond donors (Lipinski definition) is 1. The van der Waals surface area contributed by atoms with Crippen molar-refractivity contribution >= 4 is 34.6 Å². The highest BCUT2D eigenvalue weighted by molar-refractivity contribution is 7.80. The molecule has 2 aromatic carbocycles. The molecule has 32 heavy (non-hydrogen) atoms. The maximum atomic E-state index is 6.44. The molecule has 0 bridgehead atoms. The van der Waals surface area contributed by atoms with Gasteiger partial charge in [0.2, 0.25) is 0 Å². The van der Waals surface area contributed by atoms with Gasteiger partial charge in [-0.15, -0.1) is 0 Å². The van der Waals surface area contributed by atoms with Crippen LogP contribution in [0.3, 0.4) is 0 Å². The van der Waals surface area contributed by atoms with E-state index in [1.807, 2.05) is 61.5 Å². The minimum atomic E-state index is -0.188. The van der Waals surface area contributed by atoms with Crippen LogP contribution < -0.4 is 10.2 Å². The van der Waals surface area contributed by atoms with Crippen LogP contribution >= 0.6 is 23.8 Å². The van der Waals surface area contributed by atoms with E-state index < -0.39 is 0 Å². The number of rotatable bonds is 4. The van der Waals surface area contributed by atoms with Crippen LogP contribution in [0.2, 0.25) is 5.02 Å². The van der Waals surface area contributed by atoms with Crippen molar-refractivity contribution in [2.75, 3.05) is 4.90 Å². The molecule has 3 heterocycles. The molecule has 0 amide bonds. The fourth-order valence-electron chi connectivity index (χ4n) is 4.23.